The molecule has 2 rings (SSSR count). The van der Waals surface area contributed by atoms with Crippen LogP contribution in [0.2, 0.25) is 0 Å². The van der Waals surface area contributed by atoms with E-state index in [-0.39, 0.29) is 22.4 Å². The lowest BCUT2D eigenvalue weighted by Gasteiger charge is -2.14. The summed E-state index contributed by atoms with van der Waals surface area (Å²) in [4.78, 5) is 12.0. The highest BCUT2D eigenvalue weighted by Gasteiger charge is 2.24. The molecule has 1 atom stereocenters. The van der Waals surface area contributed by atoms with Gasteiger partial charge in [-0.25, -0.2) is 8.42 Å². The minimum Gasteiger partial charge on any atom is -0.350 e. The molecule has 1 aromatic rings. The van der Waals surface area contributed by atoms with Crippen LogP contribution in [0.15, 0.2) is 27.6 Å². The van der Waals surface area contributed by atoms with Crippen LogP contribution >= 0.6 is 26.6 Å². The van der Waals surface area contributed by atoms with E-state index in [2.05, 4.69) is 21.2 Å². The molecule has 1 aliphatic rings. The number of rotatable bonds is 5. The Bertz CT molecular complexity index is 629. The van der Waals surface area contributed by atoms with Gasteiger partial charge in [-0.1, -0.05) is 28.8 Å². The van der Waals surface area contributed by atoms with E-state index in [0.717, 1.165) is 6.42 Å². The summed E-state index contributed by atoms with van der Waals surface area (Å²) in [6.45, 7) is 1.95. The Morgan fingerprint density at radius 2 is 2.10 bits per heavy atom. The van der Waals surface area contributed by atoms with Crippen molar-refractivity contribution in [3.05, 3.63) is 28.2 Å². The average Bonchev–Trinajstić information content (AvgIpc) is 3.10. The molecular weight excluding hydrogens is 366 g/mol. The van der Waals surface area contributed by atoms with Crippen molar-refractivity contribution in [3.63, 3.8) is 0 Å². The lowest BCUT2D eigenvalue weighted by atomic mass is 10.1. The maximum Gasteiger partial charge on any atom is 0.261 e. The number of hydrogen-bond donors (Lipinski definition) is 1. The Balaban J connectivity index is 2.14. The Hall–Kier alpha value is -0.590. The third kappa shape index (κ3) is 4.46. The number of carbonyl (C=O) groups excluding carboxylic acids is 1. The Morgan fingerprint density at radius 3 is 2.65 bits per heavy atom. The van der Waals surface area contributed by atoms with Crippen LogP contribution in [0.25, 0.3) is 0 Å². The van der Waals surface area contributed by atoms with E-state index in [1.54, 1.807) is 6.07 Å². The topological polar surface area (TPSA) is 63.2 Å². The summed E-state index contributed by atoms with van der Waals surface area (Å²) in [5.41, 5.74) is 0.279. The fourth-order valence-corrected chi connectivity index (χ4v) is 3.50. The zero-order valence-electron chi connectivity index (χ0n) is 10.9. The second kappa shape index (κ2) is 6.03. The Morgan fingerprint density at radius 1 is 1.45 bits per heavy atom. The molecular formula is C13H15BrClNO3S. The Labute approximate surface area is 131 Å². The van der Waals surface area contributed by atoms with E-state index in [9.17, 15) is 13.2 Å². The van der Waals surface area contributed by atoms with Crippen LogP contribution in [0.1, 0.15) is 36.5 Å². The van der Waals surface area contributed by atoms with Gasteiger partial charge in [-0.3, -0.25) is 4.79 Å². The second-order valence-corrected chi connectivity index (χ2v) is 8.65. The van der Waals surface area contributed by atoms with E-state index in [0.29, 0.717) is 10.4 Å². The number of carbonyl (C=O) groups is 1. The predicted octanol–water partition coefficient (Wildman–Crippen LogP) is 3.30. The Kier molecular flexibility index (Phi) is 4.76. The second-order valence-electron chi connectivity index (χ2n) is 5.17. The smallest absolute Gasteiger partial charge is 0.261 e. The summed E-state index contributed by atoms with van der Waals surface area (Å²) >= 11 is 3.19. The SMILES string of the molecule is CC(CC1CC1)NC(=O)c1cc(Br)cc(S(=O)(=O)Cl)c1. The van der Waals surface area contributed by atoms with Crippen LogP contribution in [-0.2, 0) is 9.05 Å². The third-order valence-electron chi connectivity index (χ3n) is 3.18. The van der Waals surface area contributed by atoms with Crippen LogP contribution in [0.5, 0.6) is 0 Å². The zero-order chi connectivity index (χ0) is 14.9. The van der Waals surface area contributed by atoms with E-state index in [1.165, 1.54) is 25.0 Å². The third-order valence-corrected chi connectivity index (χ3v) is 4.97. The first-order valence-electron chi connectivity index (χ1n) is 6.32. The van der Waals surface area contributed by atoms with Crippen molar-refractivity contribution in [2.75, 3.05) is 0 Å². The maximum absolute atomic E-state index is 12.1. The first-order valence-corrected chi connectivity index (χ1v) is 9.42. The molecule has 1 unspecified atom stereocenters. The van der Waals surface area contributed by atoms with Gasteiger partial charge in [-0.15, -0.1) is 0 Å². The van der Waals surface area contributed by atoms with Gasteiger partial charge >= 0.3 is 0 Å². The highest BCUT2D eigenvalue weighted by Crippen LogP contribution is 2.33. The van der Waals surface area contributed by atoms with Gasteiger partial charge in [-0.05, 0) is 37.5 Å². The van der Waals surface area contributed by atoms with E-state index in [4.69, 9.17) is 10.7 Å². The number of amides is 1. The van der Waals surface area contributed by atoms with Crippen molar-refractivity contribution in [3.8, 4) is 0 Å². The molecule has 0 saturated heterocycles. The molecule has 1 amide bonds. The van der Waals surface area contributed by atoms with Crippen molar-refractivity contribution in [2.45, 2.75) is 37.1 Å². The summed E-state index contributed by atoms with van der Waals surface area (Å²) in [6.07, 6.45) is 3.41. The molecule has 0 spiro atoms. The first-order chi connectivity index (χ1) is 9.25. The van der Waals surface area contributed by atoms with Crippen LogP contribution < -0.4 is 5.32 Å². The molecule has 1 aromatic carbocycles. The predicted molar refractivity (Wildman–Crippen MR) is 81.5 cm³/mol. The molecule has 0 bridgehead atoms. The van der Waals surface area contributed by atoms with Crippen LogP contribution in [0, 0.1) is 5.92 Å². The summed E-state index contributed by atoms with van der Waals surface area (Å²) in [7, 11) is 1.45. The molecule has 1 aliphatic carbocycles. The maximum atomic E-state index is 12.1. The van der Waals surface area contributed by atoms with Crippen LogP contribution in [0.4, 0.5) is 0 Å². The van der Waals surface area contributed by atoms with E-state index < -0.39 is 9.05 Å². The number of nitrogens with one attached hydrogen (secondary N) is 1. The molecule has 0 aromatic heterocycles. The molecule has 1 N–H and O–H groups in total. The zero-order valence-corrected chi connectivity index (χ0v) is 14.1. The highest BCUT2D eigenvalue weighted by molar-refractivity contribution is 9.10. The average molecular weight is 381 g/mol. The molecule has 1 fully saturated rings. The first kappa shape index (κ1) is 15.8. The molecule has 110 valence electrons. The number of benzene rings is 1. The quantitative estimate of drug-likeness (QED) is 0.797. The molecule has 1 saturated carbocycles. The van der Waals surface area contributed by atoms with Gasteiger partial charge < -0.3 is 5.32 Å². The fraction of sp³-hybridized carbons (Fsp3) is 0.462. The van der Waals surface area contributed by atoms with Gasteiger partial charge in [0.05, 0.1) is 4.90 Å². The lowest BCUT2D eigenvalue weighted by molar-refractivity contribution is 0.0937. The minimum absolute atomic E-state index is 0.0741. The van der Waals surface area contributed by atoms with Crippen molar-refractivity contribution < 1.29 is 13.2 Å². The van der Waals surface area contributed by atoms with Gasteiger partial charge in [0.25, 0.3) is 15.0 Å². The largest absolute Gasteiger partial charge is 0.350 e. The van der Waals surface area contributed by atoms with Gasteiger partial charge in [0.2, 0.25) is 0 Å². The number of halogens is 2. The minimum atomic E-state index is -3.86. The molecule has 0 aliphatic heterocycles. The summed E-state index contributed by atoms with van der Waals surface area (Å²) in [6, 6.07) is 4.30. The molecule has 20 heavy (non-hydrogen) atoms. The monoisotopic (exact) mass is 379 g/mol. The van der Waals surface area contributed by atoms with Crippen molar-refractivity contribution in [1.82, 2.24) is 5.32 Å². The van der Waals surface area contributed by atoms with Gasteiger partial charge in [0.1, 0.15) is 0 Å². The number of hydrogen-bond acceptors (Lipinski definition) is 3. The van der Waals surface area contributed by atoms with Crippen molar-refractivity contribution >= 4 is 41.6 Å². The molecule has 4 nitrogen and oxygen atoms in total. The van der Waals surface area contributed by atoms with Crippen molar-refractivity contribution in [1.29, 1.82) is 0 Å². The van der Waals surface area contributed by atoms with Gasteiger partial charge in [0.15, 0.2) is 0 Å². The molecule has 0 radical (unpaired) electrons. The summed E-state index contributed by atoms with van der Waals surface area (Å²) in [5.74, 6) is 0.424. The van der Waals surface area contributed by atoms with Crippen molar-refractivity contribution in [2.24, 2.45) is 5.92 Å². The summed E-state index contributed by atoms with van der Waals surface area (Å²) in [5, 5.41) is 2.88. The van der Waals surface area contributed by atoms with Crippen LogP contribution in [0.3, 0.4) is 0 Å². The standard InChI is InChI=1S/C13H15BrClNO3S/c1-8(4-9-2-3-9)16-13(17)10-5-11(14)7-12(6-10)20(15,18)19/h5-9H,2-4H2,1H3,(H,16,17). The van der Waals surface area contributed by atoms with Gasteiger partial charge in [0, 0.05) is 26.8 Å². The summed E-state index contributed by atoms with van der Waals surface area (Å²) < 4.78 is 23.2. The van der Waals surface area contributed by atoms with Crippen LogP contribution in [-0.4, -0.2) is 20.4 Å². The lowest BCUT2D eigenvalue weighted by Crippen LogP contribution is -2.32. The van der Waals surface area contributed by atoms with E-state index >= 15 is 0 Å². The fourth-order valence-electron chi connectivity index (χ4n) is 2.05. The normalized spacial score (nSPS) is 16.8. The van der Waals surface area contributed by atoms with E-state index in [1.807, 2.05) is 6.92 Å². The molecule has 0 heterocycles. The van der Waals surface area contributed by atoms with Gasteiger partial charge in [-0.2, -0.15) is 0 Å². The highest BCUT2D eigenvalue weighted by atomic mass is 79.9. The molecule has 7 heteroatoms.